The van der Waals surface area contributed by atoms with E-state index in [4.69, 9.17) is 9.40 Å². The second-order valence-electron chi connectivity index (χ2n) is 11.6. The summed E-state index contributed by atoms with van der Waals surface area (Å²) in [5, 5.41) is 4.90. The minimum atomic E-state index is 0.0121. The number of pyridine rings is 1. The molecule has 0 aliphatic rings. The predicted octanol–water partition coefficient (Wildman–Crippen LogP) is 10.3. The molecule has 3 aromatic carbocycles. The first-order chi connectivity index (χ1) is 17.7. The fraction of sp³-hybridized carbons (Fsp3) is 0.265. The minimum Gasteiger partial charge on any atom is -0.454 e. The van der Waals surface area contributed by atoms with Gasteiger partial charge in [0, 0.05) is 37.7 Å². The van der Waals surface area contributed by atoms with E-state index in [1.807, 2.05) is 17.5 Å². The van der Waals surface area contributed by atoms with Crippen LogP contribution in [0.1, 0.15) is 50.6 Å². The summed E-state index contributed by atoms with van der Waals surface area (Å²) in [5.41, 5.74) is 6.78. The number of fused-ring (bicyclic) bond motifs is 3. The van der Waals surface area contributed by atoms with E-state index in [9.17, 15) is 0 Å². The summed E-state index contributed by atoms with van der Waals surface area (Å²) in [6.45, 7) is 13.6. The van der Waals surface area contributed by atoms with Crippen LogP contribution in [0.5, 0.6) is 0 Å². The maximum Gasteiger partial charge on any atom is 0.161 e. The highest BCUT2D eigenvalue weighted by Gasteiger charge is 2.21. The molecule has 3 aromatic heterocycles. The molecular formula is C34H33NOS. The molecule has 37 heavy (non-hydrogen) atoms. The lowest BCUT2D eigenvalue weighted by Crippen LogP contribution is -2.12. The highest BCUT2D eigenvalue weighted by molar-refractivity contribution is 7.19. The van der Waals surface area contributed by atoms with Crippen LogP contribution in [0.25, 0.3) is 54.4 Å². The molecule has 6 aromatic rings. The molecule has 0 aliphatic carbocycles. The van der Waals surface area contributed by atoms with Crippen molar-refractivity contribution < 1.29 is 4.42 Å². The van der Waals surface area contributed by atoms with Crippen LogP contribution in [0.15, 0.2) is 77.3 Å². The van der Waals surface area contributed by atoms with Crippen LogP contribution in [0.4, 0.5) is 0 Å². The van der Waals surface area contributed by atoms with E-state index >= 15 is 0 Å². The van der Waals surface area contributed by atoms with Crippen LogP contribution in [0.3, 0.4) is 0 Å². The third kappa shape index (κ3) is 4.26. The van der Waals surface area contributed by atoms with E-state index in [1.54, 1.807) is 0 Å². The van der Waals surface area contributed by atoms with Crippen molar-refractivity contribution in [2.75, 3.05) is 0 Å². The smallest absolute Gasteiger partial charge is 0.161 e. The van der Waals surface area contributed by atoms with Gasteiger partial charge < -0.3 is 4.42 Å². The summed E-state index contributed by atoms with van der Waals surface area (Å²) in [6.07, 6.45) is 2.98. The maximum atomic E-state index is 6.69. The molecule has 0 N–H and O–H groups in total. The fourth-order valence-corrected chi connectivity index (χ4v) is 6.58. The lowest BCUT2D eigenvalue weighted by molar-refractivity contribution is 0.596. The molecule has 0 bridgehead atoms. The van der Waals surface area contributed by atoms with Crippen LogP contribution >= 0.6 is 11.3 Å². The number of nitrogens with zero attached hydrogens (tertiary/aromatic N) is 1. The van der Waals surface area contributed by atoms with Gasteiger partial charge in [0.05, 0.1) is 0 Å². The molecule has 3 heterocycles. The zero-order chi connectivity index (χ0) is 25.9. The second kappa shape index (κ2) is 8.85. The lowest BCUT2D eigenvalue weighted by Gasteiger charge is -2.22. The molecule has 186 valence electrons. The topological polar surface area (TPSA) is 26.0 Å². The highest BCUT2D eigenvalue weighted by Crippen LogP contribution is 2.43. The highest BCUT2D eigenvalue weighted by atomic mass is 32.1. The Kier molecular flexibility index (Phi) is 5.72. The SMILES string of the molecule is Cc1sc2ccc(CC(C)C)cc2c1-c1cc2ccnc(-c3cc(C(C)(C)C)c4ccccc4c3)c2o1. The van der Waals surface area contributed by atoms with E-state index in [2.05, 4.69) is 108 Å². The predicted molar refractivity (Wildman–Crippen MR) is 160 cm³/mol. The zero-order valence-electron chi connectivity index (χ0n) is 22.5. The number of aromatic nitrogens is 1. The van der Waals surface area contributed by atoms with E-state index in [-0.39, 0.29) is 5.41 Å². The summed E-state index contributed by atoms with van der Waals surface area (Å²) >= 11 is 1.84. The molecule has 0 atom stereocenters. The van der Waals surface area contributed by atoms with Crippen LogP contribution in [0, 0.1) is 12.8 Å². The quantitative estimate of drug-likeness (QED) is 0.239. The third-order valence-corrected chi connectivity index (χ3v) is 8.28. The van der Waals surface area contributed by atoms with Gasteiger partial charge in [-0.2, -0.15) is 0 Å². The van der Waals surface area contributed by atoms with Crippen molar-refractivity contribution in [1.82, 2.24) is 4.98 Å². The largest absolute Gasteiger partial charge is 0.454 e. The number of hydrogen-bond donors (Lipinski definition) is 0. The Morgan fingerprint density at radius 1 is 0.892 bits per heavy atom. The third-order valence-electron chi connectivity index (χ3n) is 7.20. The maximum absolute atomic E-state index is 6.69. The Bertz CT molecular complexity index is 1780. The lowest BCUT2D eigenvalue weighted by atomic mass is 9.82. The second-order valence-corrected chi connectivity index (χ2v) is 12.9. The Hall–Kier alpha value is -3.43. The van der Waals surface area contributed by atoms with E-state index in [0.29, 0.717) is 5.92 Å². The summed E-state index contributed by atoms with van der Waals surface area (Å²) in [6, 6.07) is 24.3. The van der Waals surface area contributed by atoms with Gasteiger partial charge in [-0.05, 0) is 83.0 Å². The molecule has 2 nitrogen and oxygen atoms in total. The van der Waals surface area contributed by atoms with Gasteiger partial charge in [-0.1, -0.05) is 65.0 Å². The molecule has 0 radical (unpaired) electrons. The molecule has 0 amide bonds. The van der Waals surface area contributed by atoms with Gasteiger partial charge in [-0.25, -0.2) is 0 Å². The van der Waals surface area contributed by atoms with Crippen LogP contribution in [-0.4, -0.2) is 4.98 Å². The first kappa shape index (κ1) is 23.9. The van der Waals surface area contributed by atoms with Crippen molar-refractivity contribution >= 4 is 43.2 Å². The minimum absolute atomic E-state index is 0.0121. The van der Waals surface area contributed by atoms with Gasteiger partial charge in [0.1, 0.15) is 11.5 Å². The molecule has 6 rings (SSSR count). The van der Waals surface area contributed by atoms with Crippen molar-refractivity contribution in [1.29, 1.82) is 0 Å². The van der Waals surface area contributed by atoms with Gasteiger partial charge in [0.25, 0.3) is 0 Å². The molecule has 0 aliphatic heterocycles. The van der Waals surface area contributed by atoms with Gasteiger partial charge in [0.2, 0.25) is 0 Å². The number of furan rings is 1. The summed E-state index contributed by atoms with van der Waals surface area (Å²) in [7, 11) is 0. The van der Waals surface area contributed by atoms with Crippen molar-refractivity contribution in [2.24, 2.45) is 5.92 Å². The average Bonchev–Trinajstić information content (AvgIpc) is 3.41. The molecule has 0 spiro atoms. The van der Waals surface area contributed by atoms with Crippen LogP contribution in [-0.2, 0) is 11.8 Å². The Morgan fingerprint density at radius 3 is 2.49 bits per heavy atom. The molecule has 0 saturated heterocycles. The van der Waals surface area contributed by atoms with Crippen LogP contribution < -0.4 is 0 Å². The molecule has 0 fully saturated rings. The number of rotatable bonds is 4. The average molecular weight is 504 g/mol. The first-order valence-corrected chi connectivity index (χ1v) is 14.0. The summed E-state index contributed by atoms with van der Waals surface area (Å²) in [4.78, 5) is 6.13. The molecular weight excluding hydrogens is 470 g/mol. The molecule has 0 saturated carbocycles. The normalized spacial score (nSPS) is 12.4. The molecule has 3 heteroatoms. The Labute approximate surface area is 223 Å². The summed E-state index contributed by atoms with van der Waals surface area (Å²) < 4.78 is 8.00. The van der Waals surface area contributed by atoms with Crippen molar-refractivity contribution in [3.05, 3.63) is 88.9 Å². The Balaban J connectivity index is 1.55. The number of thiophene rings is 1. The van der Waals surface area contributed by atoms with E-state index < -0.39 is 0 Å². The standard InChI is InChI=1S/C34H33NOS/c1-20(2)15-22-11-12-30-27(16-22)31(21(3)37-30)29-19-24-13-14-35-32(33(24)36-29)25-17-23-9-7-8-10-26(23)28(18-25)34(4,5)6/h7-14,16-20H,15H2,1-6H3. The van der Waals surface area contributed by atoms with Crippen molar-refractivity contribution in [3.63, 3.8) is 0 Å². The van der Waals surface area contributed by atoms with Gasteiger partial charge >= 0.3 is 0 Å². The zero-order valence-corrected chi connectivity index (χ0v) is 23.3. The van der Waals surface area contributed by atoms with Crippen molar-refractivity contribution in [3.8, 4) is 22.6 Å². The number of aryl methyl sites for hydroxylation is 1. The summed E-state index contributed by atoms with van der Waals surface area (Å²) in [5.74, 6) is 1.55. The first-order valence-electron chi connectivity index (χ1n) is 13.1. The van der Waals surface area contributed by atoms with E-state index in [0.717, 1.165) is 34.4 Å². The van der Waals surface area contributed by atoms with Gasteiger partial charge in [-0.15, -0.1) is 11.3 Å². The fourth-order valence-electron chi connectivity index (χ4n) is 5.53. The monoisotopic (exact) mass is 503 g/mol. The van der Waals surface area contributed by atoms with Crippen molar-refractivity contribution in [2.45, 2.75) is 53.4 Å². The van der Waals surface area contributed by atoms with Crippen LogP contribution in [0.2, 0.25) is 0 Å². The van der Waals surface area contributed by atoms with Gasteiger partial charge in [-0.3, -0.25) is 4.98 Å². The van der Waals surface area contributed by atoms with E-state index in [1.165, 1.54) is 42.4 Å². The Morgan fingerprint density at radius 2 is 1.70 bits per heavy atom. The molecule has 0 unspecified atom stereocenters. The van der Waals surface area contributed by atoms with Gasteiger partial charge in [0.15, 0.2) is 5.58 Å². The number of hydrogen-bond acceptors (Lipinski definition) is 3. The number of benzene rings is 3.